The van der Waals surface area contributed by atoms with E-state index in [-0.39, 0.29) is 48.3 Å². The molecule has 2 aromatic rings. The molecule has 0 radical (unpaired) electrons. The van der Waals surface area contributed by atoms with E-state index in [4.69, 9.17) is 4.52 Å². The fraction of sp³-hybridized carbons (Fsp3) is 0.474. The van der Waals surface area contributed by atoms with Crippen LogP contribution in [-0.2, 0) is 22.2 Å². The first kappa shape index (κ1) is 25.5. The number of nitrogens with one attached hydrogen (secondary N) is 1. The summed E-state index contributed by atoms with van der Waals surface area (Å²) in [5, 5.41) is 6.84. The third-order valence-electron chi connectivity index (χ3n) is 4.76. The standard InChI is InChI=1S/C19H25F2N5O3S.HI/c1-2-22-19(23-8-6-15-4-3-5-17(20)18(15)21)25-9-11-26(12-10-25)30(27,28)14-16-7-13-29-24-16;/h3-5,7,13H,2,6,8-12,14H2,1H3,(H,22,23);1H. The van der Waals surface area contributed by atoms with Crippen molar-refractivity contribution in [2.45, 2.75) is 19.1 Å². The minimum atomic E-state index is -3.48. The second kappa shape index (κ2) is 11.7. The van der Waals surface area contributed by atoms with Crippen molar-refractivity contribution in [2.24, 2.45) is 4.99 Å². The summed E-state index contributed by atoms with van der Waals surface area (Å²) in [5.41, 5.74) is 0.648. The van der Waals surface area contributed by atoms with Gasteiger partial charge in [-0.2, -0.15) is 4.31 Å². The molecule has 1 aliphatic heterocycles. The average molecular weight is 569 g/mol. The molecule has 0 aliphatic carbocycles. The SMILES string of the molecule is CCNC(=NCCc1cccc(F)c1F)N1CCN(S(=O)(=O)Cc2ccon2)CC1.I. The van der Waals surface area contributed by atoms with Crippen molar-refractivity contribution in [3.8, 4) is 0 Å². The number of guanidine groups is 1. The number of nitrogens with zero attached hydrogens (tertiary/aromatic N) is 4. The largest absolute Gasteiger partial charge is 0.364 e. The number of halogens is 3. The highest BCUT2D eigenvalue weighted by molar-refractivity contribution is 14.0. The number of rotatable bonds is 7. The van der Waals surface area contributed by atoms with Gasteiger partial charge in [-0.15, -0.1) is 24.0 Å². The van der Waals surface area contributed by atoms with Gasteiger partial charge in [-0.3, -0.25) is 4.99 Å². The highest BCUT2D eigenvalue weighted by Gasteiger charge is 2.29. The first-order valence-corrected chi connectivity index (χ1v) is 11.3. The van der Waals surface area contributed by atoms with E-state index in [1.807, 2.05) is 11.8 Å². The van der Waals surface area contributed by atoms with E-state index in [0.717, 1.165) is 6.07 Å². The van der Waals surface area contributed by atoms with Gasteiger partial charge < -0.3 is 14.7 Å². The molecule has 12 heteroatoms. The topological polar surface area (TPSA) is 91.0 Å². The molecule has 1 aromatic carbocycles. The Morgan fingerprint density at radius 2 is 1.97 bits per heavy atom. The Balaban J connectivity index is 0.00000341. The third-order valence-corrected chi connectivity index (χ3v) is 6.57. The monoisotopic (exact) mass is 569 g/mol. The van der Waals surface area contributed by atoms with Gasteiger partial charge in [0, 0.05) is 45.3 Å². The maximum Gasteiger partial charge on any atom is 0.220 e. The smallest absolute Gasteiger partial charge is 0.220 e. The predicted octanol–water partition coefficient (Wildman–Crippen LogP) is 2.23. The summed E-state index contributed by atoms with van der Waals surface area (Å²) < 4.78 is 58.4. The van der Waals surface area contributed by atoms with E-state index in [0.29, 0.717) is 44.4 Å². The Bertz CT molecular complexity index is 965. The normalized spacial score (nSPS) is 15.6. The summed E-state index contributed by atoms with van der Waals surface area (Å²) in [6.45, 7) is 4.44. The van der Waals surface area contributed by atoms with Gasteiger partial charge in [0.15, 0.2) is 17.6 Å². The van der Waals surface area contributed by atoms with Gasteiger partial charge >= 0.3 is 0 Å². The molecule has 31 heavy (non-hydrogen) atoms. The molecule has 0 spiro atoms. The molecule has 0 bridgehead atoms. The molecule has 1 aromatic heterocycles. The van der Waals surface area contributed by atoms with Gasteiger partial charge in [0.25, 0.3) is 0 Å². The summed E-state index contributed by atoms with van der Waals surface area (Å²) in [4.78, 5) is 6.47. The number of benzene rings is 1. The van der Waals surface area contributed by atoms with Crippen LogP contribution in [0.4, 0.5) is 8.78 Å². The zero-order chi connectivity index (χ0) is 21.6. The summed E-state index contributed by atoms with van der Waals surface area (Å²) in [5.74, 6) is -1.28. The molecule has 1 saturated heterocycles. The van der Waals surface area contributed by atoms with Gasteiger partial charge in [-0.25, -0.2) is 17.2 Å². The molecular weight excluding hydrogens is 543 g/mol. The zero-order valence-electron chi connectivity index (χ0n) is 17.1. The minimum Gasteiger partial charge on any atom is -0.364 e. The molecule has 0 atom stereocenters. The molecule has 2 heterocycles. The Morgan fingerprint density at radius 1 is 1.23 bits per heavy atom. The lowest BCUT2D eigenvalue weighted by molar-refractivity contribution is 0.260. The second-order valence-corrected chi connectivity index (χ2v) is 8.80. The molecule has 0 saturated carbocycles. The van der Waals surface area contributed by atoms with Gasteiger partial charge in [-0.1, -0.05) is 17.3 Å². The van der Waals surface area contributed by atoms with E-state index in [2.05, 4.69) is 15.5 Å². The Morgan fingerprint density at radius 3 is 2.61 bits per heavy atom. The van der Waals surface area contributed by atoms with Crippen molar-refractivity contribution < 1.29 is 21.7 Å². The number of piperazine rings is 1. The van der Waals surface area contributed by atoms with Crippen molar-refractivity contribution >= 4 is 40.0 Å². The molecule has 0 amide bonds. The van der Waals surface area contributed by atoms with Crippen LogP contribution in [0.5, 0.6) is 0 Å². The van der Waals surface area contributed by atoms with Crippen LogP contribution >= 0.6 is 24.0 Å². The van der Waals surface area contributed by atoms with Crippen LogP contribution in [0.25, 0.3) is 0 Å². The van der Waals surface area contributed by atoms with E-state index in [9.17, 15) is 17.2 Å². The van der Waals surface area contributed by atoms with Crippen molar-refractivity contribution in [3.05, 3.63) is 53.4 Å². The fourth-order valence-electron chi connectivity index (χ4n) is 3.22. The van der Waals surface area contributed by atoms with Gasteiger partial charge in [0.2, 0.25) is 10.0 Å². The van der Waals surface area contributed by atoms with E-state index >= 15 is 0 Å². The van der Waals surface area contributed by atoms with Crippen LogP contribution in [0.3, 0.4) is 0 Å². The highest BCUT2D eigenvalue weighted by atomic mass is 127. The summed E-state index contributed by atoms with van der Waals surface area (Å²) in [6, 6.07) is 5.63. The lowest BCUT2D eigenvalue weighted by Gasteiger charge is -2.35. The average Bonchev–Trinajstić information content (AvgIpc) is 3.23. The fourth-order valence-corrected chi connectivity index (χ4v) is 4.64. The van der Waals surface area contributed by atoms with Crippen molar-refractivity contribution in [1.82, 2.24) is 19.7 Å². The minimum absolute atomic E-state index is 0. The maximum atomic E-state index is 13.8. The molecule has 8 nitrogen and oxygen atoms in total. The van der Waals surface area contributed by atoms with E-state index in [1.54, 1.807) is 6.07 Å². The lowest BCUT2D eigenvalue weighted by atomic mass is 10.1. The van der Waals surface area contributed by atoms with Crippen LogP contribution in [-0.4, -0.2) is 68.0 Å². The zero-order valence-corrected chi connectivity index (χ0v) is 20.3. The predicted molar refractivity (Wildman–Crippen MR) is 124 cm³/mol. The summed E-state index contributed by atoms with van der Waals surface area (Å²) in [6.07, 6.45) is 1.61. The van der Waals surface area contributed by atoms with Crippen molar-refractivity contribution in [3.63, 3.8) is 0 Å². The summed E-state index contributed by atoms with van der Waals surface area (Å²) in [7, 11) is -3.48. The van der Waals surface area contributed by atoms with E-state index in [1.165, 1.54) is 22.7 Å². The lowest BCUT2D eigenvalue weighted by Crippen LogP contribution is -2.54. The molecule has 1 aliphatic rings. The maximum absolute atomic E-state index is 13.8. The van der Waals surface area contributed by atoms with Crippen LogP contribution in [0.15, 0.2) is 40.0 Å². The Hall–Kier alpha value is -1.80. The number of sulfonamides is 1. The molecule has 1 N–H and O–H groups in total. The molecule has 0 unspecified atom stereocenters. The van der Waals surface area contributed by atoms with Crippen LogP contribution in [0, 0.1) is 11.6 Å². The Kier molecular flexibility index (Phi) is 9.62. The number of hydrogen-bond donors (Lipinski definition) is 1. The second-order valence-electron chi connectivity index (χ2n) is 6.83. The molecule has 3 rings (SSSR count). The number of hydrogen-bond acceptors (Lipinski definition) is 5. The number of aromatic nitrogens is 1. The number of aliphatic imine (C=N–C) groups is 1. The molecule has 1 fully saturated rings. The van der Waals surface area contributed by atoms with Crippen molar-refractivity contribution in [1.29, 1.82) is 0 Å². The highest BCUT2D eigenvalue weighted by Crippen LogP contribution is 2.14. The van der Waals surface area contributed by atoms with Gasteiger partial charge in [0.1, 0.15) is 12.0 Å². The molecular formula is C19H26F2IN5O3S. The van der Waals surface area contributed by atoms with Gasteiger partial charge in [-0.05, 0) is 25.0 Å². The summed E-state index contributed by atoms with van der Waals surface area (Å²) >= 11 is 0. The van der Waals surface area contributed by atoms with Gasteiger partial charge in [0.05, 0.1) is 5.69 Å². The van der Waals surface area contributed by atoms with Crippen LogP contribution in [0.2, 0.25) is 0 Å². The van der Waals surface area contributed by atoms with Crippen molar-refractivity contribution in [2.75, 3.05) is 39.3 Å². The Labute approximate surface area is 197 Å². The quantitative estimate of drug-likeness (QED) is 0.313. The first-order chi connectivity index (χ1) is 14.4. The van der Waals surface area contributed by atoms with Crippen LogP contribution < -0.4 is 5.32 Å². The van der Waals surface area contributed by atoms with Crippen LogP contribution in [0.1, 0.15) is 18.2 Å². The third kappa shape index (κ3) is 6.84. The first-order valence-electron chi connectivity index (χ1n) is 9.74. The molecule has 172 valence electrons. The van der Waals surface area contributed by atoms with E-state index < -0.39 is 21.7 Å².